The van der Waals surface area contributed by atoms with E-state index in [1.807, 2.05) is 4.90 Å². The summed E-state index contributed by atoms with van der Waals surface area (Å²) in [5.41, 5.74) is 0.848. The van der Waals surface area contributed by atoms with E-state index in [2.05, 4.69) is 15.9 Å². The summed E-state index contributed by atoms with van der Waals surface area (Å²) in [6.07, 6.45) is 0.300. The summed E-state index contributed by atoms with van der Waals surface area (Å²) < 4.78 is 13.5. The Balaban J connectivity index is 2.07. The van der Waals surface area contributed by atoms with Crippen molar-refractivity contribution in [3.05, 3.63) is 34.1 Å². The van der Waals surface area contributed by atoms with Crippen LogP contribution in [0.5, 0.6) is 0 Å². The lowest BCUT2D eigenvalue weighted by Crippen LogP contribution is -2.46. The van der Waals surface area contributed by atoms with Gasteiger partial charge in [-0.3, -0.25) is 14.5 Å². The van der Waals surface area contributed by atoms with Gasteiger partial charge in [-0.05, 0) is 46.6 Å². The third kappa shape index (κ3) is 3.79. The van der Waals surface area contributed by atoms with Crippen LogP contribution < -0.4 is 0 Å². The maximum atomic E-state index is 13.2. The molecule has 2 atom stereocenters. The first-order chi connectivity index (χ1) is 9.88. The van der Waals surface area contributed by atoms with Crippen molar-refractivity contribution in [3.8, 4) is 0 Å². The zero-order valence-electron chi connectivity index (χ0n) is 11.1. The molecule has 1 aliphatic heterocycles. The van der Waals surface area contributed by atoms with Crippen molar-refractivity contribution >= 4 is 27.9 Å². The fourth-order valence-electron chi connectivity index (χ4n) is 2.61. The van der Waals surface area contributed by atoms with Crippen molar-refractivity contribution in [1.82, 2.24) is 4.90 Å². The molecule has 1 aromatic carbocycles. The molecule has 0 aliphatic carbocycles. The van der Waals surface area contributed by atoms with Gasteiger partial charge in [0.1, 0.15) is 5.82 Å². The molecule has 2 rings (SSSR count). The van der Waals surface area contributed by atoms with Gasteiger partial charge < -0.3 is 10.2 Å². The maximum Gasteiger partial charge on any atom is 0.308 e. The Morgan fingerprint density at radius 1 is 1.29 bits per heavy atom. The minimum Gasteiger partial charge on any atom is -0.481 e. The molecule has 0 saturated carbocycles. The first-order valence-corrected chi connectivity index (χ1v) is 7.29. The Hall–Kier alpha value is -1.47. The standard InChI is InChI=1S/C14H15BrFNO4/c15-11-5-8(1-2-12(11)16)6-17-4-3-9(13(18)19)10(7-17)14(20)21/h1-2,5,9-10H,3-4,6-7H2,(H,18,19)(H,20,21). The third-order valence-corrected chi connectivity index (χ3v) is 4.33. The Bertz CT molecular complexity index is 566. The number of carboxylic acids is 2. The smallest absolute Gasteiger partial charge is 0.308 e. The van der Waals surface area contributed by atoms with Gasteiger partial charge in [0.2, 0.25) is 0 Å². The molecule has 1 saturated heterocycles. The molecule has 114 valence electrons. The number of carboxylic acid groups (broad SMARTS) is 2. The van der Waals surface area contributed by atoms with Crippen molar-refractivity contribution in [2.45, 2.75) is 13.0 Å². The zero-order chi connectivity index (χ0) is 15.6. The van der Waals surface area contributed by atoms with Crippen LogP contribution in [0.1, 0.15) is 12.0 Å². The lowest BCUT2D eigenvalue weighted by atomic mass is 9.85. The van der Waals surface area contributed by atoms with Gasteiger partial charge in [-0.25, -0.2) is 4.39 Å². The lowest BCUT2D eigenvalue weighted by molar-refractivity contribution is -0.157. The van der Waals surface area contributed by atoms with Crippen LogP contribution >= 0.6 is 15.9 Å². The summed E-state index contributed by atoms with van der Waals surface area (Å²) in [7, 11) is 0. The Morgan fingerprint density at radius 2 is 1.95 bits per heavy atom. The average molecular weight is 360 g/mol. The quantitative estimate of drug-likeness (QED) is 0.861. The van der Waals surface area contributed by atoms with E-state index >= 15 is 0 Å². The number of hydrogen-bond donors (Lipinski definition) is 2. The second-order valence-corrected chi connectivity index (χ2v) is 6.02. The summed E-state index contributed by atoms with van der Waals surface area (Å²) in [6, 6.07) is 4.63. The predicted octanol–water partition coefficient (Wildman–Crippen LogP) is 2.20. The van der Waals surface area contributed by atoms with E-state index in [1.165, 1.54) is 6.07 Å². The van der Waals surface area contributed by atoms with Crippen LogP contribution in [0.2, 0.25) is 0 Å². The van der Waals surface area contributed by atoms with Crippen LogP contribution in [0.3, 0.4) is 0 Å². The Morgan fingerprint density at radius 3 is 2.52 bits per heavy atom. The molecular formula is C14H15BrFNO4. The van der Waals surface area contributed by atoms with Crippen molar-refractivity contribution in [2.24, 2.45) is 11.8 Å². The highest BCUT2D eigenvalue weighted by Crippen LogP contribution is 2.26. The van der Waals surface area contributed by atoms with Crippen LogP contribution in [0, 0.1) is 17.7 Å². The largest absolute Gasteiger partial charge is 0.481 e. The minimum atomic E-state index is -1.09. The molecule has 2 N–H and O–H groups in total. The lowest BCUT2D eigenvalue weighted by Gasteiger charge is -2.34. The van der Waals surface area contributed by atoms with E-state index in [-0.39, 0.29) is 12.4 Å². The first-order valence-electron chi connectivity index (χ1n) is 6.50. The molecule has 0 aromatic heterocycles. The number of carbonyl (C=O) groups is 2. The van der Waals surface area contributed by atoms with Crippen molar-refractivity contribution in [2.75, 3.05) is 13.1 Å². The molecule has 7 heteroatoms. The third-order valence-electron chi connectivity index (χ3n) is 3.72. The second kappa shape index (κ2) is 6.53. The number of likely N-dealkylation sites (tertiary alicyclic amines) is 1. The van der Waals surface area contributed by atoms with Gasteiger partial charge in [0.25, 0.3) is 0 Å². The number of aliphatic carboxylic acids is 2. The molecule has 0 spiro atoms. The number of hydrogen-bond acceptors (Lipinski definition) is 3. The summed E-state index contributed by atoms with van der Waals surface area (Å²) >= 11 is 3.11. The maximum absolute atomic E-state index is 13.2. The van der Waals surface area contributed by atoms with Crippen LogP contribution in [0.25, 0.3) is 0 Å². The number of benzene rings is 1. The molecule has 21 heavy (non-hydrogen) atoms. The molecule has 2 unspecified atom stereocenters. The predicted molar refractivity (Wildman–Crippen MR) is 76.2 cm³/mol. The first kappa shape index (κ1) is 15.9. The summed E-state index contributed by atoms with van der Waals surface area (Å²) in [6.45, 7) is 1.16. The summed E-state index contributed by atoms with van der Waals surface area (Å²) in [4.78, 5) is 24.2. The average Bonchev–Trinajstić information content (AvgIpc) is 2.42. The van der Waals surface area contributed by atoms with E-state index in [0.717, 1.165) is 5.56 Å². The number of piperidine rings is 1. The summed E-state index contributed by atoms with van der Waals surface area (Å²) in [5, 5.41) is 18.2. The van der Waals surface area contributed by atoms with Gasteiger partial charge in [0.15, 0.2) is 0 Å². The highest BCUT2D eigenvalue weighted by molar-refractivity contribution is 9.10. The highest BCUT2D eigenvalue weighted by atomic mass is 79.9. The van der Waals surface area contributed by atoms with E-state index < -0.39 is 23.8 Å². The van der Waals surface area contributed by atoms with Crippen LogP contribution in [-0.4, -0.2) is 40.1 Å². The molecule has 1 aliphatic rings. The highest BCUT2D eigenvalue weighted by Gasteiger charge is 2.38. The molecule has 0 radical (unpaired) electrons. The molecular weight excluding hydrogens is 345 g/mol. The van der Waals surface area contributed by atoms with E-state index in [0.29, 0.717) is 24.0 Å². The number of nitrogens with zero attached hydrogens (tertiary/aromatic N) is 1. The van der Waals surface area contributed by atoms with Crippen LogP contribution in [0.15, 0.2) is 22.7 Å². The van der Waals surface area contributed by atoms with Crippen LogP contribution in [-0.2, 0) is 16.1 Å². The molecule has 0 bridgehead atoms. The SMILES string of the molecule is O=C(O)C1CCN(Cc2ccc(F)c(Br)c2)CC1C(=O)O. The molecule has 1 heterocycles. The summed E-state index contributed by atoms with van der Waals surface area (Å²) in [5.74, 6) is -4.27. The monoisotopic (exact) mass is 359 g/mol. The molecule has 1 aromatic rings. The van der Waals surface area contributed by atoms with Crippen molar-refractivity contribution < 1.29 is 24.2 Å². The van der Waals surface area contributed by atoms with Gasteiger partial charge >= 0.3 is 11.9 Å². The van der Waals surface area contributed by atoms with Gasteiger partial charge in [-0.15, -0.1) is 0 Å². The number of rotatable bonds is 4. The van der Waals surface area contributed by atoms with E-state index in [1.54, 1.807) is 12.1 Å². The van der Waals surface area contributed by atoms with E-state index in [4.69, 9.17) is 5.11 Å². The molecule has 5 nitrogen and oxygen atoms in total. The normalized spacial score (nSPS) is 23.0. The molecule has 0 amide bonds. The van der Waals surface area contributed by atoms with Crippen molar-refractivity contribution in [1.29, 1.82) is 0 Å². The molecule has 1 fully saturated rings. The second-order valence-electron chi connectivity index (χ2n) is 5.16. The van der Waals surface area contributed by atoms with Crippen LogP contribution in [0.4, 0.5) is 4.39 Å². The van der Waals surface area contributed by atoms with Crippen molar-refractivity contribution in [3.63, 3.8) is 0 Å². The fourth-order valence-corrected chi connectivity index (χ4v) is 3.03. The number of halogens is 2. The van der Waals surface area contributed by atoms with Gasteiger partial charge in [-0.1, -0.05) is 6.07 Å². The van der Waals surface area contributed by atoms with Gasteiger partial charge in [0.05, 0.1) is 16.3 Å². The zero-order valence-corrected chi connectivity index (χ0v) is 12.7. The Labute approximate surface area is 129 Å². The Kier molecular flexibility index (Phi) is 4.95. The van der Waals surface area contributed by atoms with Gasteiger partial charge in [0, 0.05) is 13.1 Å². The van der Waals surface area contributed by atoms with E-state index in [9.17, 15) is 19.1 Å². The topological polar surface area (TPSA) is 77.8 Å². The van der Waals surface area contributed by atoms with Gasteiger partial charge in [-0.2, -0.15) is 0 Å². The minimum absolute atomic E-state index is 0.182. The fraction of sp³-hybridized carbons (Fsp3) is 0.429.